The molecule has 0 saturated heterocycles. The Morgan fingerprint density at radius 3 is 2.46 bits per heavy atom. The number of carbonyl (C=O) groups is 2. The van der Waals surface area contributed by atoms with E-state index in [1.165, 1.54) is 6.07 Å². The second-order valence-electron chi connectivity index (χ2n) is 7.53. The molecule has 0 unspecified atom stereocenters. The molecular formula is C24H21F3N4O4. The number of nitrogens with one attached hydrogen (secondary N) is 1. The number of anilines is 1. The molecule has 0 aliphatic heterocycles. The van der Waals surface area contributed by atoms with Gasteiger partial charge in [0.2, 0.25) is 5.88 Å². The SMILES string of the molecule is Cc1c(C#N)c(NC(=O)COC(=O)c2ccc(OCC(F)(F)F)nc2)n(Cc2ccccc2)c1C. The maximum absolute atomic E-state index is 12.5. The van der Waals surface area contributed by atoms with Gasteiger partial charge in [0.25, 0.3) is 5.91 Å². The number of esters is 1. The fraction of sp³-hybridized carbons (Fsp3) is 0.250. The van der Waals surface area contributed by atoms with Gasteiger partial charge < -0.3 is 19.4 Å². The minimum Gasteiger partial charge on any atom is -0.468 e. The van der Waals surface area contributed by atoms with Crippen LogP contribution in [0.25, 0.3) is 0 Å². The number of rotatable bonds is 8. The predicted octanol–water partition coefficient (Wildman–Crippen LogP) is 4.16. The number of hydrogen-bond donors (Lipinski definition) is 1. The Kier molecular flexibility index (Phi) is 7.76. The number of carbonyl (C=O) groups excluding carboxylic acids is 2. The van der Waals surface area contributed by atoms with Crippen molar-refractivity contribution in [2.45, 2.75) is 26.6 Å². The van der Waals surface area contributed by atoms with Crippen LogP contribution >= 0.6 is 0 Å². The molecule has 0 spiro atoms. The summed E-state index contributed by atoms with van der Waals surface area (Å²) in [6.07, 6.45) is -3.53. The van der Waals surface area contributed by atoms with Gasteiger partial charge in [0.15, 0.2) is 13.2 Å². The summed E-state index contributed by atoms with van der Waals surface area (Å²) < 4.78 is 47.9. The lowest BCUT2D eigenvalue weighted by molar-refractivity contribution is -0.154. The van der Waals surface area contributed by atoms with E-state index in [-0.39, 0.29) is 11.4 Å². The van der Waals surface area contributed by atoms with Gasteiger partial charge >= 0.3 is 12.1 Å². The van der Waals surface area contributed by atoms with Gasteiger partial charge in [-0.2, -0.15) is 18.4 Å². The summed E-state index contributed by atoms with van der Waals surface area (Å²) in [5, 5.41) is 12.2. The minimum atomic E-state index is -4.52. The first-order chi connectivity index (χ1) is 16.6. The average molecular weight is 486 g/mol. The van der Waals surface area contributed by atoms with Gasteiger partial charge in [0.1, 0.15) is 11.9 Å². The van der Waals surface area contributed by atoms with Crippen LogP contribution in [0.1, 0.15) is 32.7 Å². The van der Waals surface area contributed by atoms with Crippen LogP contribution in [0.2, 0.25) is 0 Å². The van der Waals surface area contributed by atoms with Gasteiger partial charge in [0.05, 0.1) is 11.1 Å². The summed E-state index contributed by atoms with van der Waals surface area (Å²) in [7, 11) is 0. The maximum atomic E-state index is 12.5. The van der Waals surface area contributed by atoms with Crippen molar-refractivity contribution >= 4 is 17.7 Å². The molecule has 182 valence electrons. The molecule has 0 aliphatic rings. The highest BCUT2D eigenvalue weighted by Crippen LogP contribution is 2.27. The van der Waals surface area contributed by atoms with Crippen molar-refractivity contribution in [1.29, 1.82) is 5.26 Å². The molecule has 0 saturated carbocycles. The number of ether oxygens (including phenoxy) is 2. The Bertz CT molecular complexity index is 1250. The lowest BCUT2D eigenvalue weighted by Gasteiger charge is -2.13. The third-order valence-electron chi connectivity index (χ3n) is 5.07. The van der Waals surface area contributed by atoms with Crippen molar-refractivity contribution in [1.82, 2.24) is 9.55 Å². The van der Waals surface area contributed by atoms with Gasteiger partial charge in [0, 0.05) is 24.5 Å². The molecule has 1 aromatic carbocycles. The Hall–Kier alpha value is -4.33. The van der Waals surface area contributed by atoms with Crippen LogP contribution in [-0.4, -0.2) is 40.8 Å². The van der Waals surface area contributed by atoms with Crippen molar-refractivity contribution in [3.05, 3.63) is 76.6 Å². The van der Waals surface area contributed by atoms with Crippen molar-refractivity contribution < 1.29 is 32.2 Å². The van der Waals surface area contributed by atoms with E-state index < -0.39 is 31.3 Å². The molecule has 1 amide bonds. The quantitative estimate of drug-likeness (QED) is 0.480. The molecule has 2 heterocycles. The molecule has 0 fully saturated rings. The number of nitrogens with zero attached hydrogens (tertiary/aromatic N) is 3. The summed E-state index contributed by atoms with van der Waals surface area (Å²) in [5.74, 6) is -1.59. The maximum Gasteiger partial charge on any atom is 0.422 e. The fourth-order valence-electron chi connectivity index (χ4n) is 3.22. The van der Waals surface area contributed by atoms with Crippen LogP contribution in [0.3, 0.4) is 0 Å². The molecule has 2 aromatic heterocycles. The summed E-state index contributed by atoms with van der Waals surface area (Å²) in [6.45, 7) is 1.87. The average Bonchev–Trinajstić information content (AvgIpc) is 3.05. The van der Waals surface area contributed by atoms with Gasteiger partial charge in [-0.15, -0.1) is 0 Å². The third kappa shape index (κ3) is 6.60. The molecular weight excluding hydrogens is 465 g/mol. The Labute approximate surface area is 198 Å². The zero-order chi connectivity index (χ0) is 25.6. The summed E-state index contributed by atoms with van der Waals surface area (Å²) in [5.41, 5.74) is 2.71. The van der Waals surface area contributed by atoms with E-state index >= 15 is 0 Å². The first-order valence-corrected chi connectivity index (χ1v) is 10.4. The highest BCUT2D eigenvalue weighted by atomic mass is 19.4. The third-order valence-corrected chi connectivity index (χ3v) is 5.07. The molecule has 0 atom stereocenters. The van der Waals surface area contributed by atoms with Gasteiger partial charge in [-0.1, -0.05) is 30.3 Å². The van der Waals surface area contributed by atoms with Crippen LogP contribution in [0.5, 0.6) is 5.88 Å². The van der Waals surface area contributed by atoms with E-state index in [1.807, 2.05) is 37.3 Å². The fourth-order valence-corrected chi connectivity index (χ4v) is 3.22. The first kappa shape index (κ1) is 25.3. The first-order valence-electron chi connectivity index (χ1n) is 10.4. The molecule has 11 heteroatoms. The van der Waals surface area contributed by atoms with Gasteiger partial charge in [-0.3, -0.25) is 4.79 Å². The van der Waals surface area contributed by atoms with E-state index in [9.17, 15) is 28.0 Å². The number of halogens is 3. The lowest BCUT2D eigenvalue weighted by atomic mass is 10.2. The van der Waals surface area contributed by atoms with E-state index in [4.69, 9.17) is 4.74 Å². The topological polar surface area (TPSA) is 106 Å². The Morgan fingerprint density at radius 1 is 1.14 bits per heavy atom. The van der Waals surface area contributed by atoms with Crippen molar-refractivity contribution in [3.63, 3.8) is 0 Å². The molecule has 35 heavy (non-hydrogen) atoms. The summed E-state index contributed by atoms with van der Waals surface area (Å²) in [4.78, 5) is 28.3. The minimum absolute atomic E-state index is 0.0750. The molecule has 0 bridgehead atoms. The van der Waals surface area contributed by atoms with E-state index in [0.717, 1.165) is 29.1 Å². The zero-order valence-corrected chi connectivity index (χ0v) is 18.8. The number of nitriles is 1. The molecule has 3 aromatic rings. The van der Waals surface area contributed by atoms with Crippen molar-refractivity contribution in [3.8, 4) is 11.9 Å². The summed E-state index contributed by atoms with van der Waals surface area (Å²) in [6, 6.07) is 13.8. The number of hydrogen-bond acceptors (Lipinski definition) is 6. The summed E-state index contributed by atoms with van der Waals surface area (Å²) >= 11 is 0. The smallest absolute Gasteiger partial charge is 0.422 e. The van der Waals surface area contributed by atoms with Crippen molar-refractivity contribution in [2.75, 3.05) is 18.5 Å². The zero-order valence-electron chi connectivity index (χ0n) is 18.8. The van der Waals surface area contributed by atoms with Crippen LogP contribution in [0.15, 0.2) is 48.7 Å². The largest absolute Gasteiger partial charge is 0.468 e. The monoisotopic (exact) mass is 486 g/mol. The molecule has 3 rings (SSSR count). The van der Waals surface area contributed by atoms with E-state index in [1.54, 1.807) is 11.5 Å². The van der Waals surface area contributed by atoms with Crippen LogP contribution < -0.4 is 10.1 Å². The number of aromatic nitrogens is 2. The Balaban J connectivity index is 1.65. The van der Waals surface area contributed by atoms with E-state index in [2.05, 4.69) is 21.1 Å². The second kappa shape index (κ2) is 10.7. The molecule has 0 radical (unpaired) electrons. The van der Waals surface area contributed by atoms with Crippen LogP contribution in [-0.2, 0) is 16.1 Å². The second-order valence-corrected chi connectivity index (χ2v) is 7.53. The Morgan fingerprint density at radius 2 is 1.86 bits per heavy atom. The normalized spacial score (nSPS) is 11.0. The van der Waals surface area contributed by atoms with Crippen LogP contribution in [0.4, 0.5) is 19.0 Å². The highest BCUT2D eigenvalue weighted by molar-refractivity contribution is 5.96. The lowest BCUT2D eigenvalue weighted by Crippen LogP contribution is -2.23. The molecule has 0 aliphatic carbocycles. The predicted molar refractivity (Wildman–Crippen MR) is 119 cm³/mol. The molecule has 1 N–H and O–H groups in total. The number of benzene rings is 1. The van der Waals surface area contributed by atoms with E-state index in [0.29, 0.717) is 17.9 Å². The number of amides is 1. The number of pyridine rings is 1. The highest BCUT2D eigenvalue weighted by Gasteiger charge is 2.28. The molecule has 8 nitrogen and oxygen atoms in total. The van der Waals surface area contributed by atoms with Crippen LogP contribution in [0, 0.1) is 25.2 Å². The number of alkyl halides is 3. The van der Waals surface area contributed by atoms with Gasteiger partial charge in [-0.05, 0) is 31.0 Å². The van der Waals surface area contributed by atoms with Crippen molar-refractivity contribution in [2.24, 2.45) is 0 Å². The standard InChI is InChI=1S/C24H21F3N4O4/c1-15-16(2)31(12-17-6-4-3-5-7-17)22(19(15)10-28)30-20(32)13-34-23(33)18-8-9-21(29-11-18)35-14-24(25,26)27/h3-9,11H,12-14H2,1-2H3,(H,30,32). The van der Waals surface area contributed by atoms with Gasteiger partial charge in [-0.25, -0.2) is 9.78 Å².